The fourth-order valence-corrected chi connectivity index (χ4v) is 5.05. The minimum atomic E-state index is -0.999. The van der Waals surface area contributed by atoms with E-state index in [1.165, 1.54) is 18.2 Å². The fraction of sp³-hybridized carbons (Fsp3) is 0.357. The first-order chi connectivity index (χ1) is 18.7. The second-order valence-corrected chi connectivity index (χ2v) is 10.0. The average Bonchev–Trinajstić information content (AvgIpc) is 2.92. The molecule has 0 aromatic heterocycles. The number of hydrogen-bond acceptors (Lipinski definition) is 7. The SMILES string of the molecule is CCCOC(=O)C1=C(C(=O)N(C(=O)c2cccc(F)c2)c2cc(SCC(=O)OCC)c(Cl)cc2F)CCCC1. The molecular formula is C28H28ClF2NO6S. The maximum absolute atomic E-state index is 15.4. The lowest BCUT2D eigenvalue weighted by Crippen LogP contribution is -2.40. The number of halogens is 3. The van der Waals surface area contributed by atoms with E-state index in [0.29, 0.717) is 24.2 Å². The summed E-state index contributed by atoms with van der Waals surface area (Å²) in [6.07, 6.45) is 2.21. The molecule has 2 aromatic rings. The van der Waals surface area contributed by atoms with Gasteiger partial charge in [0.1, 0.15) is 11.6 Å². The zero-order valence-electron chi connectivity index (χ0n) is 21.6. The van der Waals surface area contributed by atoms with E-state index in [4.69, 9.17) is 21.1 Å². The normalized spacial score (nSPS) is 13.2. The Morgan fingerprint density at radius 2 is 1.69 bits per heavy atom. The van der Waals surface area contributed by atoms with E-state index in [1.54, 1.807) is 6.92 Å². The van der Waals surface area contributed by atoms with Crippen LogP contribution in [0.2, 0.25) is 5.02 Å². The van der Waals surface area contributed by atoms with Gasteiger partial charge >= 0.3 is 11.9 Å². The van der Waals surface area contributed by atoms with Crippen LogP contribution in [-0.2, 0) is 23.9 Å². The third-order valence-electron chi connectivity index (χ3n) is 5.78. The van der Waals surface area contributed by atoms with Crippen LogP contribution in [0.15, 0.2) is 52.4 Å². The minimum Gasteiger partial charge on any atom is -0.465 e. The Balaban J connectivity index is 2.13. The summed E-state index contributed by atoms with van der Waals surface area (Å²) < 4.78 is 39.6. The number of benzene rings is 2. The summed E-state index contributed by atoms with van der Waals surface area (Å²) in [6.45, 7) is 3.81. The first-order valence-electron chi connectivity index (χ1n) is 12.5. The average molecular weight is 580 g/mol. The number of carbonyl (C=O) groups excluding carboxylic acids is 4. The van der Waals surface area contributed by atoms with Gasteiger partial charge in [0.05, 0.1) is 29.7 Å². The number of imide groups is 1. The molecule has 0 bridgehead atoms. The summed E-state index contributed by atoms with van der Waals surface area (Å²) >= 11 is 7.14. The Morgan fingerprint density at radius 3 is 2.36 bits per heavy atom. The topological polar surface area (TPSA) is 90.0 Å². The largest absolute Gasteiger partial charge is 0.465 e. The number of hydrogen-bond donors (Lipinski definition) is 0. The van der Waals surface area contributed by atoms with Crippen molar-refractivity contribution in [3.05, 3.63) is 69.8 Å². The third kappa shape index (κ3) is 7.67. The molecular weight excluding hydrogens is 552 g/mol. The highest BCUT2D eigenvalue weighted by Crippen LogP contribution is 2.36. The Kier molecular flexibility index (Phi) is 11.1. The Morgan fingerprint density at radius 1 is 0.974 bits per heavy atom. The molecule has 3 rings (SSSR count). The van der Waals surface area contributed by atoms with Crippen molar-refractivity contribution in [2.45, 2.75) is 50.8 Å². The van der Waals surface area contributed by atoms with Crippen LogP contribution in [0.3, 0.4) is 0 Å². The van der Waals surface area contributed by atoms with Crippen LogP contribution in [0.25, 0.3) is 0 Å². The number of esters is 2. The van der Waals surface area contributed by atoms with E-state index >= 15 is 4.39 Å². The number of amides is 2. The highest BCUT2D eigenvalue weighted by Gasteiger charge is 2.34. The van der Waals surface area contributed by atoms with Gasteiger partial charge in [-0.05, 0) is 69.4 Å². The van der Waals surface area contributed by atoms with Gasteiger partial charge in [-0.3, -0.25) is 14.4 Å². The predicted octanol–water partition coefficient (Wildman–Crippen LogP) is 6.27. The number of nitrogens with zero attached hydrogens (tertiary/aromatic N) is 1. The van der Waals surface area contributed by atoms with Crippen LogP contribution in [0.1, 0.15) is 56.3 Å². The van der Waals surface area contributed by atoms with Crippen molar-refractivity contribution in [3.8, 4) is 0 Å². The van der Waals surface area contributed by atoms with Crippen LogP contribution in [0.4, 0.5) is 14.5 Å². The van der Waals surface area contributed by atoms with E-state index in [2.05, 4.69) is 0 Å². The van der Waals surface area contributed by atoms with Gasteiger partial charge in [-0.2, -0.15) is 0 Å². The highest BCUT2D eigenvalue weighted by atomic mass is 35.5. The van der Waals surface area contributed by atoms with Crippen molar-refractivity contribution >= 4 is 52.8 Å². The van der Waals surface area contributed by atoms with Crippen LogP contribution in [0.5, 0.6) is 0 Å². The highest BCUT2D eigenvalue weighted by molar-refractivity contribution is 8.00. The standard InChI is InChI=1S/C28H28ClF2NO6S/c1-3-12-38-28(36)20-11-6-5-10-19(20)27(35)32(26(34)17-8-7-9-18(30)13-17)23-15-24(21(29)14-22(23)31)39-16-25(33)37-4-2/h7-9,13-15H,3-6,10-12,16H2,1-2H3. The third-order valence-corrected chi connectivity index (χ3v) is 7.23. The van der Waals surface area contributed by atoms with Crippen LogP contribution in [0, 0.1) is 11.6 Å². The monoisotopic (exact) mass is 579 g/mol. The van der Waals surface area contributed by atoms with E-state index in [1.807, 2.05) is 6.92 Å². The number of thioether (sulfide) groups is 1. The van der Waals surface area contributed by atoms with Gasteiger partial charge in [0.15, 0.2) is 0 Å². The molecule has 208 valence electrons. The molecule has 0 saturated carbocycles. The molecule has 0 N–H and O–H groups in total. The summed E-state index contributed by atoms with van der Waals surface area (Å²) in [7, 11) is 0. The number of anilines is 1. The van der Waals surface area contributed by atoms with E-state index in [-0.39, 0.29) is 58.4 Å². The predicted molar refractivity (Wildman–Crippen MR) is 144 cm³/mol. The molecule has 0 spiro atoms. The van der Waals surface area contributed by atoms with Gasteiger partial charge in [0.2, 0.25) is 0 Å². The molecule has 1 aliphatic rings. The van der Waals surface area contributed by atoms with Crippen molar-refractivity contribution < 1.29 is 37.4 Å². The molecule has 39 heavy (non-hydrogen) atoms. The minimum absolute atomic E-state index is 0.0298. The second-order valence-electron chi connectivity index (χ2n) is 8.58. The van der Waals surface area contributed by atoms with Crippen LogP contribution in [-0.4, -0.2) is 42.7 Å². The van der Waals surface area contributed by atoms with Gasteiger partial charge < -0.3 is 9.47 Å². The summed E-state index contributed by atoms with van der Waals surface area (Å²) in [4.78, 5) is 53.0. The zero-order valence-corrected chi connectivity index (χ0v) is 23.1. The lowest BCUT2D eigenvalue weighted by Gasteiger charge is -2.26. The van der Waals surface area contributed by atoms with Gasteiger partial charge in [-0.25, -0.2) is 18.5 Å². The van der Waals surface area contributed by atoms with Gasteiger partial charge in [0.25, 0.3) is 11.8 Å². The molecule has 0 unspecified atom stereocenters. The lowest BCUT2D eigenvalue weighted by molar-refractivity contribution is -0.140. The van der Waals surface area contributed by atoms with Crippen molar-refractivity contribution in [1.82, 2.24) is 0 Å². The summed E-state index contributed by atoms with van der Waals surface area (Å²) in [6, 6.07) is 6.74. The van der Waals surface area contributed by atoms with Crippen molar-refractivity contribution in [1.29, 1.82) is 0 Å². The summed E-state index contributed by atoms with van der Waals surface area (Å²) in [5.41, 5.74) is -0.500. The molecule has 0 aliphatic heterocycles. The quantitative estimate of drug-likeness (QED) is 0.186. The molecule has 7 nitrogen and oxygen atoms in total. The zero-order chi connectivity index (χ0) is 28.5. The maximum atomic E-state index is 15.4. The van der Waals surface area contributed by atoms with Gasteiger partial charge in [-0.15, -0.1) is 11.8 Å². The lowest BCUT2D eigenvalue weighted by atomic mass is 9.90. The first kappa shape index (κ1) is 30.3. The van der Waals surface area contributed by atoms with E-state index in [9.17, 15) is 23.6 Å². The second kappa shape index (κ2) is 14.2. The van der Waals surface area contributed by atoms with E-state index < -0.39 is 41.1 Å². The molecule has 2 amide bonds. The smallest absolute Gasteiger partial charge is 0.334 e. The maximum Gasteiger partial charge on any atom is 0.334 e. The Hall–Kier alpha value is -3.24. The molecule has 2 aromatic carbocycles. The fourth-order valence-electron chi connectivity index (χ4n) is 3.98. The van der Waals surface area contributed by atoms with Gasteiger partial charge in [-0.1, -0.05) is 24.6 Å². The van der Waals surface area contributed by atoms with Gasteiger partial charge in [0, 0.05) is 21.6 Å². The molecule has 0 radical (unpaired) electrons. The first-order valence-corrected chi connectivity index (χ1v) is 13.8. The molecule has 1 aliphatic carbocycles. The molecule has 0 atom stereocenters. The molecule has 0 heterocycles. The summed E-state index contributed by atoms with van der Waals surface area (Å²) in [5.74, 6) is -4.99. The molecule has 0 fully saturated rings. The Labute approximate surface area is 234 Å². The van der Waals surface area contributed by atoms with Crippen LogP contribution < -0.4 is 4.90 Å². The van der Waals surface area contributed by atoms with Crippen molar-refractivity contribution in [2.24, 2.45) is 0 Å². The van der Waals surface area contributed by atoms with Crippen LogP contribution >= 0.6 is 23.4 Å². The number of rotatable bonds is 10. The number of carbonyl (C=O) groups is 4. The molecule has 11 heteroatoms. The van der Waals surface area contributed by atoms with Crippen molar-refractivity contribution in [3.63, 3.8) is 0 Å². The summed E-state index contributed by atoms with van der Waals surface area (Å²) in [5, 5.41) is -0.0446. The van der Waals surface area contributed by atoms with Crippen molar-refractivity contribution in [2.75, 3.05) is 23.9 Å². The Bertz CT molecular complexity index is 1300. The number of ether oxygens (including phenoxy) is 2. The van der Waals surface area contributed by atoms with E-state index in [0.717, 1.165) is 30.0 Å². The molecule has 0 saturated heterocycles.